The second-order valence-electron chi connectivity index (χ2n) is 9.76. The zero-order chi connectivity index (χ0) is 24.7. The van der Waals surface area contributed by atoms with E-state index in [2.05, 4.69) is 11.1 Å². The molecule has 1 aliphatic heterocycles. The van der Waals surface area contributed by atoms with Gasteiger partial charge in [-0.25, -0.2) is 4.39 Å². The first-order valence-corrected chi connectivity index (χ1v) is 12.2. The number of hydrogen-bond donors (Lipinski definition) is 0. The number of nitrogens with zero attached hydrogens (tertiary/aromatic N) is 1. The predicted molar refractivity (Wildman–Crippen MR) is 129 cm³/mol. The van der Waals surface area contributed by atoms with E-state index in [4.69, 9.17) is 9.47 Å². The van der Waals surface area contributed by atoms with Crippen LogP contribution >= 0.6 is 0 Å². The molecule has 0 radical (unpaired) electrons. The molecule has 1 saturated carbocycles. The maximum absolute atomic E-state index is 14.5. The topological polar surface area (TPSA) is 71.5 Å². The molecule has 182 valence electrons. The number of rotatable bonds is 7. The van der Waals surface area contributed by atoms with Gasteiger partial charge in [-0.15, -0.1) is 0 Å². The Morgan fingerprint density at radius 3 is 2.61 bits per heavy atom. The third kappa shape index (κ3) is 5.31. The average Bonchev–Trinajstić information content (AvgIpc) is 3.69. The van der Waals surface area contributed by atoms with Gasteiger partial charge >= 0.3 is 29.6 Å². The zero-order valence-corrected chi connectivity index (χ0v) is 23.2. The molecule has 1 aromatic heterocycles. The van der Waals surface area contributed by atoms with Crippen molar-refractivity contribution < 1.29 is 53.3 Å². The van der Waals surface area contributed by atoms with Gasteiger partial charge in [-0.2, -0.15) is 0 Å². The van der Waals surface area contributed by atoms with Gasteiger partial charge in [0.1, 0.15) is 23.4 Å². The van der Waals surface area contributed by atoms with Crippen molar-refractivity contribution in [2.24, 2.45) is 11.8 Å². The van der Waals surface area contributed by atoms with Crippen molar-refractivity contribution in [1.29, 1.82) is 0 Å². The fourth-order valence-corrected chi connectivity index (χ4v) is 5.28. The summed E-state index contributed by atoms with van der Waals surface area (Å²) in [4.78, 5) is 16.3. The van der Waals surface area contributed by atoms with Crippen LogP contribution in [0, 0.1) is 24.6 Å². The number of aliphatic carboxylic acids is 1. The van der Waals surface area contributed by atoms with Crippen molar-refractivity contribution in [2.75, 3.05) is 7.11 Å². The number of hydrogen-bond acceptors (Lipinski definition) is 5. The minimum Gasteiger partial charge on any atom is -0.550 e. The number of aromatic nitrogens is 1. The predicted octanol–water partition coefficient (Wildman–Crippen LogP) is 2.15. The molecule has 2 heterocycles. The molecule has 0 bridgehead atoms. The minimum atomic E-state index is -1.01. The zero-order valence-electron chi connectivity index (χ0n) is 21.2. The number of carboxylic acids is 1. The third-order valence-electron chi connectivity index (χ3n) is 7.37. The van der Waals surface area contributed by atoms with Gasteiger partial charge in [0.15, 0.2) is 0 Å². The molecule has 1 unspecified atom stereocenters. The normalized spacial score (nSPS) is 18.3. The van der Waals surface area contributed by atoms with Crippen LogP contribution < -0.4 is 44.1 Å². The van der Waals surface area contributed by atoms with Crippen LogP contribution in [0.2, 0.25) is 0 Å². The largest absolute Gasteiger partial charge is 1.00 e. The molecule has 2 aromatic carbocycles. The molecule has 36 heavy (non-hydrogen) atoms. The van der Waals surface area contributed by atoms with Crippen molar-refractivity contribution >= 4 is 5.97 Å². The number of ether oxygens (including phenoxy) is 2. The Morgan fingerprint density at radius 1 is 1.17 bits per heavy atom. The van der Waals surface area contributed by atoms with E-state index in [-0.39, 0.29) is 47.4 Å². The Kier molecular flexibility index (Phi) is 8.08. The van der Waals surface area contributed by atoms with E-state index in [0.717, 1.165) is 53.8 Å². The van der Waals surface area contributed by atoms with Gasteiger partial charge in [-0.3, -0.25) is 4.98 Å². The molecular weight excluding hydrogens is 468 g/mol. The van der Waals surface area contributed by atoms with Crippen molar-refractivity contribution in [2.45, 2.75) is 51.6 Å². The molecule has 5 rings (SSSR count). The Balaban J connectivity index is 0.00000304. The molecule has 1 aliphatic carbocycles. The van der Waals surface area contributed by atoms with Crippen LogP contribution in [0.25, 0.3) is 11.1 Å². The molecule has 0 N–H and O–H groups in total. The smallest absolute Gasteiger partial charge is 0.550 e. The van der Waals surface area contributed by atoms with E-state index >= 15 is 0 Å². The third-order valence-corrected chi connectivity index (χ3v) is 7.37. The summed E-state index contributed by atoms with van der Waals surface area (Å²) in [5, 5.41) is 11.6. The van der Waals surface area contributed by atoms with Gasteiger partial charge < -0.3 is 19.4 Å². The summed E-state index contributed by atoms with van der Waals surface area (Å²) in [7, 11) is 1.55. The van der Waals surface area contributed by atoms with E-state index in [9.17, 15) is 14.3 Å². The Morgan fingerprint density at radius 2 is 1.94 bits per heavy atom. The Bertz CT molecular complexity index is 1280. The van der Waals surface area contributed by atoms with E-state index < -0.39 is 11.9 Å². The average molecular weight is 498 g/mol. The summed E-state index contributed by atoms with van der Waals surface area (Å²) in [6.45, 7) is 3.70. The van der Waals surface area contributed by atoms with Crippen molar-refractivity contribution in [3.8, 4) is 22.6 Å². The monoisotopic (exact) mass is 497 g/mol. The van der Waals surface area contributed by atoms with Gasteiger partial charge in [-0.05, 0) is 91.5 Å². The summed E-state index contributed by atoms with van der Waals surface area (Å²) in [5.74, 6) is -0.187. The number of pyridine rings is 1. The van der Waals surface area contributed by atoms with Gasteiger partial charge in [0, 0.05) is 29.2 Å². The maximum atomic E-state index is 14.5. The van der Waals surface area contributed by atoms with E-state index in [1.807, 2.05) is 25.1 Å². The second-order valence-corrected chi connectivity index (χ2v) is 9.76. The standard InChI is InChI=1S/C29H30FNO4.Na/c1-16-12-21(23-14-22(34-3)9-10-24(23)30)15-31-28(16)25-11-8-18-4-7-20(13-26(18)35-25)27(19-5-6-19)17(2)29(32)33;/h4,7,9-10,12-15,17,19,25,27H,5-6,8,11H2,1-3H3,(H,32,33);/q;+1/p-1/t17-,25?,27-;/m0./s1. The number of carbonyl (C=O) groups is 1. The van der Waals surface area contributed by atoms with Crippen LogP contribution in [0.4, 0.5) is 4.39 Å². The number of carboxylic acid groups (broad SMARTS) is 1. The molecule has 5 nitrogen and oxygen atoms in total. The van der Waals surface area contributed by atoms with E-state index in [1.165, 1.54) is 6.07 Å². The SMILES string of the molecule is COc1ccc(F)c(-c2cnc(C3CCc4ccc([C@H](C5CC5)[C@H](C)C(=O)[O-])cc4O3)c(C)c2)c1.[Na+]. The second kappa shape index (κ2) is 10.9. The van der Waals surface area contributed by atoms with E-state index in [0.29, 0.717) is 22.8 Å². The summed E-state index contributed by atoms with van der Waals surface area (Å²) in [5.41, 5.74) is 5.00. The van der Waals surface area contributed by atoms with Crippen LogP contribution in [0.1, 0.15) is 60.6 Å². The van der Waals surface area contributed by atoms with Crippen LogP contribution in [0.15, 0.2) is 48.7 Å². The Labute approximate surface area is 233 Å². The van der Waals surface area contributed by atoms with Crippen LogP contribution in [-0.4, -0.2) is 18.1 Å². The minimum absolute atomic E-state index is 0. The molecule has 2 aliphatic rings. The fraction of sp³-hybridized carbons (Fsp3) is 0.379. The number of fused-ring (bicyclic) bond motifs is 1. The summed E-state index contributed by atoms with van der Waals surface area (Å²) >= 11 is 0. The maximum Gasteiger partial charge on any atom is 1.00 e. The first-order chi connectivity index (χ1) is 16.9. The number of halogens is 1. The molecule has 0 amide bonds. The quantitative estimate of drug-likeness (QED) is 0.468. The van der Waals surface area contributed by atoms with E-state index in [1.54, 1.807) is 32.4 Å². The van der Waals surface area contributed by atoms with Crippen LogP contribution in [-0.2, 0) is 11.2 Å². The fourth-order valence-electron chi connectivity index (χ4n) is 5.28. The first-order valence-electron chi connectivity index (χ1n) is 12.2. The van der Waals surface area contributed by atoms with Crippen molar-refractivity contribution in [3.05, 3.63) is 76.9 Å². The van der Waals surface area contributed by atoms with Gasteiger partial charge in [0.05, 0.1) is 12.8 Å². The van der Waals surface area contributed by atoms with Gasteiger partial charge in [-0.1, -0.05) is 19.1 Å². The van der Waals surface area contributed by atoms with Crippen LogP contribution in [0.3, 0.4) is 0 Å². The summed E-state index contributed by atoms with van der Waals surface area (Å²) in [6.07, 6.45) is 5.19. The Hall–Kier alpha value is -2.41. The van der Waals surface area contributed by atoms with Crippen LogP contribution in [0.5, 0.6) is 11.5 Å². The van der Waals surface area contributed by atoms with Gasteiger partial charge in [0.25, 0.3) is 0 Å². The molecule has 0 spiro atoms. The molecule has 7 heteroatoms. The molecule has 3 atom stereocenters. The van der Waals surface area contributed by atoms with Gasteiger partial charge in [0.2, 0.25) is 0 Å². The number of methoxy groups -OCH3 is 1. The molecule has 1 fully saturated rings. The summed E-state index contributed by atoms with van der Waals surface area (Å²) in [6, 6.07) is 12.7. The number of benzene rings is 2. The first kappa shape index (κ1) is 26.6. The molecule has 0 saturated heterocycles. The molecular formula is C29H29FNNaO4. The molecule has 3 aromatic rings. The number of aryl methyl sites for hydroxylation is 2. The van der Waals surface area contributed by atoms with Crippen molar-refractivity contribution in [3.63, 3.8) is 0 Å². The summed E-state index contributed by atoms with van der Waals surface area (Å²) < 4.78 is 26.1. The number of carbonyl (C=O) groups excluding carboxylic acids is 1. The van der Waals surface area contributed by atoms with Crippen molar-refractivity contribution in [1.82, 2.24) is 4.98 Å².